The third-order valence-corrected chi connectivity index (χ3v) is 6.64. The first-order valence-electron chi connectivity index (χ1n) is 9.93. The molecule has 0 spiro atoms. The summed E-state index contributed by atoms with van der Waals surface area (Å²) in [4.78, 5) is 13.1. The molecule has 3 aromatic rings. The molecule has 0 fully saturated rings. The number of aryl methyl sites for hydroxylation is 1. The highest BCUT2D eigenvalue weighted by atomic mass is 32.2. The van der Waals surface area contributed by atoms with Crippen molar-refractivity contribution in [2.75, 3.05) is 18.0 Å². The van der Waals surface area contributed by atoms with Gasteiger partial charge in [-0.15, -0.1) is 0 Å². The first-order valence-corrected chi connectivity index (χ1v) is 11.4. The highest BCUT2D eigenvalue weighted by Gasteiger charge is 2.25. The summed E-state index contributed by atoms with van der Waals surface area (Å²) in [6.45, 7) is 4.08. The summed E-state index contributed by atoms with van der Waals surface area (Å²) in [5.41, 5.74) is 1.59. The summed E-state index contributed by atoms with van der Waals surface area (Å²) >= 11 is 0. The lowest BCUT2D eigenvalue weighted by atomic mass is 10.1. The van der Waals surface area contributed by atoms with E-state index >= 15 is 0 Å². The minimum absolute atomic E-state index is 0.160. The van der Waals surface area contributed by atoms with E-state index in [1.54, 1.807) is 42.5 Å². The number of hydrogen-bond acceptors (Lipinski definition) is 4. The molecule has 0 aromatic heterocycles. The van der Waals surface area contributed by atoms with Gasteiger partial charge in [-0.2, -0.15) is 0 Å². The summed E-state index contributed by atoms with van der Waals surface area (Å²) in [6, 6.07) is 22.1. The van der Waals surface area contributed by atoms with Gasteiger partial charge in [-0.05, 0) is 49.7 Å². The molecular weight excluding hydrogens is 412 g/mol. The van der Waals surface area contributed by atoms with E-state index in [2.05, 4.69) is 5.32 Å². The first kappa shape index (κ1) is 22.4. The third-order valence-electron chi connectivity index (χ3n) is 4.85. The number of sulfonamides is 1. The van der Waals surface area contributed by atoms with Gasteiger partial charge < -0.3 is 10.1 Å². The predicted molar refractivity (Wildman–Crippen MR) is 122 cm³/mol. The standard InChI is InChI=1S/C24H26N2O4S/c1-18-11-7-10-16-23(18)30-17-19(2)25-24(27)21-14-8-9-15-22(21)26(3)31(28,29)20-12-5-4-6-13-20/h4-16,19H,17H2,1-3H3,(H,25,27)/t19-/m1/s1. The van der Waals surface area contributed by atoms with Crippen LogP contribution in [0.2, 0.25) is 0 Å². The molecule has 3 aromatic carbocycles. The monoisotopic (exact) mass is 438 g/mol. The molecule has 1 N–H and O–H groups in total. The number of carbonyl (C=O) groups excluding carboxylic acids is 1. The summed E-state index contributed by atoms with van der Waals surface area (Å²) in [6.07, 6.45) is 0. The quantitative estimate of drug-likeness (QED) is 0.576. The van der Waals surface area contributed by atoms with Gasteiger partial charge in [-0.3, -0.25) is 9.10 Å². The van der Waals surface area contributed by atoms with E-state index in [-0.39, 0.29) is 29.0 Å². The molecule has 162 valence electrons. The molecule has 6 nitrogen and oxygen atoms in total. The van der Waals surface area contributed by atoms with E-state index < -0.39 is 10.0 Å². The predicted octanol–water partition coefficient (Wildman–Crippen LogP) is 4.02. The Hall–Kier alpha value is -3.32. The maximum Gasteiger partial charge on any atom is 0.264 e. The van der Waals surface area contributed by atoms with Gasteiger partial charge in [0.1, 0.15) is 12.4 Å². The molecule has 1 atom stereocenters. The third kappa shape index (κ3) is 5.24. The molecule has 0 bridgehead atoms. The topological polar surface area (TPSA) is 75.7 Å². The van der Waals surface area contributed by atoms with Gasteiger partial charge >= 0.3 is 0 Å². The molecule has 0 aliphatic carbocycles. The van der Waals surface area contributed by atoms with Gasteiger partial charge in [0, 0.05) is 7.05 Å². The fourth-order valence-electron chi connectivity index (χ4n) is 3.10. The van der Waals surface area contributed by atoms with E-state index in [0.717, 1.165) is 15.6 Å². The van der Waals surface area contributed by atoms with Gasteiger partial charge in [0.25, 0.3) is 15.9 Å². The van der Waals surface area contributed by atoms with Gasteiger partial charge in [0.15, 0.2) is 0 Å². The molecule has 7 heteroatoms. The number of nitrogens with zero attached hydrogens (tertiary/aromatic N) is 1. The van der Waals surface area contributed by atoms with E-state index in [1.807, 2.05) is 38.1 Å². The smallest absolute Gasteiger partial charge is 0.264 e. The lowest BCUT2D eigenvalue weighted by Crippen LogP contribution is -2.38. The van der Waals surface area contributed by atoms with E-state index in [1.165, 1.54) is 19.2 Å². The Morgan fingerprint density at radius 2 is 1.58 bits per heavy atom. The summed E-state index contributed by atoms with van der Waals surface area (Å²) in [5, 5.41) is 2.89. The van der Waals surface area contributed by atoms with Crippen LogP contribution in [0.25, 0.3) is 0 Å². The van der Waals surface area contributed by atoms with Crippen LogP contribution in [0.15, 0.2) is 83.8 Å². The molecule has 0 radical (unpaired) electrons. The van der Waals surface area contributed by atoms with Crippen LogP contribution in [0.3, 0.4) is 0 Å². The molecule has 0 aliphatic heterocycles. The number of anilines is 1. The molecule has 0 aliphatic rings. The maximum absolute atomic E-state index is 13.0. The van der Waals surface area contributed by atoms with Crippen molar-refractivity contribution in [3.05, 3.63) is 90.0 Å². The molecule has 31 heavy (non-hydrogen) atoms. The Morgan fingerprint density at radius 3 is 2.29 bits per heavy atom. The van der Waals surface area contributed by atoms with E-state index in [9.17, 15) is 13.2 Å². The first-order chi connectivity index (χ1) is 14.8. The van der Waals surface area contributed by atoms with Crippen LogP contribution in [-0.4, -0.2) is 34.0 Å². The summed E-state index contributed by atoms with van der Waals surface area (Å²) in [5.74, 6) is 0.393. The molecule has 0 unspecified atom stereocenters. The molecular formula is C24H26N2O4S. The number of ether oxygens (including phenoxy) is 1. The van der Waals surface area contributed by atoms with E-state index in [0.29, 0.717) is 5.69 Å². The van der Waals surface area contributed by atoms with Crippen LogP contribution < -0.4 is 14.4 Å². The van der Waals surface area contributed by atoms with Crippen molar-refractivity contribution >= 4 is 21.6 Å². The summed E-state index contributed by atoms with van der Waals surface area (Å²) in [7, 11) is -2.36. The van der Waals surface area contributed by atoms with Crippen LogP contribution >= 0.6 is 0 Å². The minimum Gasteiger partial charge on any atom is -0.491 e. The zero-order valence-electron chi connectivity index (χ0n) is 17.8. The van der Waals surface area contributed by atoms with Crippen LogP contribution in [0.1, 0.15) is 22.8 Å². The van der Waals surface area contributed by atoms with E-state index in [4.69, 9.17) is 4.74 Å². The number of carbonyl (C=O) groups is 1. The average Bonchev–Trinajstić information content (AvgIpc) is 2.78. The Labute approximate surface area is 183 Å². The Kier molecular flexibility index (Phi) is 6.97. The number of rotatable bonds is 8. The highest BCUT2D eigenvalue weighted by Crippen LogP contribution is 2.25. The normalized spacial score (nSPS) is 12.1. The second-order valence-electron chi connectivity index (χ2n) is 7.25. The number of nitrogens with one attached hydrogen (secondary N) is 1. The van der Waals surface area contributed by atoms with Gasteiger partial charge in [0.2, 0.25) is 0 Å². The highest BCUT2D eigenvalue weighted by molar-refractivity contribution is 7.92. The average molecular weight is 439 g/mol. The zero-order chi connectivity index (χ0) is 22.4. The fourth-order valence-corrected chi connectivity index (χ4v) is 4.33. The Bertz CT molecular complexity index is 1150. The number of benzene rings is 3. The number of para-hydroxylation sites is 2. The van der Waals surface area contributed by atoms with Crippen molar-refractivity contribution in [1.29, 1.82) is 0 Å². The van der Waals surface area contributed by atoms with Crippen LogP contribution in [-0.2, 0) is 10.0 Å². The Morgan fingerprint density at radius 1 is 0.968 bits per heavy atom. The summed E-state index contributed by atoms with van der Waals surface area (Å²) < 4.78 is 32.9. The second-order valence-corrected chi connectivity index (χ2v) is 9.22. The van der Waals surface area contributed by atoms with Crippen molar-refractivity contribution in [3.8, 4) is 5.75 Å². The van der Waals surface area contributed by atoms with Gasteiger partial charge in [0.05, 0.1) is 22.2 Å². The minimum atomic E-state index is -3.80. The van der Waals surface area contributed by atoms with Gasteiger partial charge in [-0.1, -0.05) is 48.5 Å². The van der Waals surface area contributed by atoms with Crippen molar-refractivity contribution < 1.29 is 17.9 Å². The van der Waals surface area contributed by atoms with Crippen molar-refractivity contribution in [1.82, 2.24) is 5.32 Å². The van der Waals surface area contributed by atoms with Crippen molar-refractivity contribution in [2.24, 2.45) is 0 Å². The van der Waals surface area contributed by atoms with Crippen molar-refractivity contribution in [2.45, 2.75) is 24.8 Å². The van der Waals surface area contributed by atoms with Crippen LogP contribution in [0.5, 0.6) is 5.75 Å². The molecule has 1 amide bonds. The second kappa shape index (κ2) is 9.66. The fraction of sp³-hybridized carbons (Fsp3) is 0.208. The Balaban J connectivity index is 1.75. The van der Waals surface area contributed by atoms with Crippen LogP contribution in [0, 0.1) is 6.92 Å². The molecule has 0 saturated carbocycles. The lowest BCUT2D eigenvalue weighted by molar-refractivity contribution is 0.0927. The largest absolute Gasteiger partial charge is 0.491 e. The SMILES string of the molecule is Cc1ccccc1OC[C@@H](C)NC(=O)c1ccccc1N(C)S(=O)(=O)c1ccccc1. The number of hydrogen-bond donors (Lipinski definition) is 1. The lowest BCUT2D eigenvalue weighted by Gasteiger charge is -2.23. The molecule has 3 rings (SSSR count). The molecule has 0 heterocycles. The molecule has 0 saturated heterocycles. The maximum atomic E-state index is 13.0. The number of amides is 1. The van der Waals surface area contributed by atoms with Crippen molar-refractivity contribution in [3.63, 3.8) is 0 Å². The van der Waals surface area contributed by atoms with Gasteiger partial charge in [-0.25, -0.2) is 8.42 Å². The van der Waals surface area contributed by atoms with Crippen LogP contribution in [0.4, 0.5) is 5.69 Å². The zero-order valence-corrected chi connectivity index (χ0v) is 18.6.